The van der Waals surface area contributed by atoms with Crippen LogP contribution in [0.2, 0.25) is 0 Å². The molecule has 148 valence electrons. The second-order valence-corrected chi connectivity index (χ2v) is 8.43. The number of likely N-dealkylation sites (tertiary alicyclic amines) is 1. The standard InChI is InChI=1S/C22H32N2O3/c1-17-6-8-18(9-7-17)22(2,3)11-10-20(25)24-12-4-5-19(24)21(26)23-13-15-27-16-14-23/h6-9,19H,4-5,10-16H2,1-3H3/t19-/m1/s1. The zero-order valence-electron chi connectivity index (χ0n) is 16.9. The number of hydrogen-bond donors (Lipinski definition) is 0. The molecule has 0 N–H and O–H groups in total. The molecule has 3 rings (SSSR count). The lowest BCUT2D eigenvalue weighted by molar-refractivity contribution is -0.146. The molecule has 5 nitrogen and oxygen atoms in total. The highest BCUT2D eigenvalue weighted by molar-refractivity contribution is 5.88. The molecule has 5 heteroatoms. The molecule has 0 bridgehead atoms. The lowest BCUT2D eigenvalue weighted by Gasteiger charge is -2.33. The molecule has 2 fully saturated rings. The number of benzene rings is 1. The molecule has 2 amide bonds. The van der Waals surface area contributed by atoms with Gasteiger partial charge in [-0.1, -0.05) is 43.7 Å². The quantitative estimate of drug-likeness (QED) is 0.799. The Labute approximate surface area is 162 Å². The van der Waals surface area contributed by atoms with Gasteiger partial charge in [-0.2, -0.15) is 0 Å². The van der Waals surface area contributed by atoms with Crippen molar-refractivity contribution in [2.24, 2.45) is 0 Å². The van der Waals surface area contributed by atoms with Crippen molar-refractivity contribution in [1.29, 1.82) is 0 Å². The molecule has 0 radical (unpaired) electrons. The zero-order valence-corrected chi connectivity index (χ0v) is 16.9. The van der Waals surface area contributed by atoms with Crippen LogP contribution >= 0.6 is 0 Å². The van der Waals surface area contributed by atoms with Gasteiger partial charge in [0.25, 0.3) is 0 Å². The van der Waals surface area contributed by atoms with Gasteiger partial charge >= 0.3 is 0 Å². The zero-order chi connectivity index (χ0) is 19.4. The van der Waals surface area contributed by atoms with E-state index in [1.807, 2.05) is 9.80 Å². The van der Waals surface area contributed by atoms with Crippen LogP contribution in [-0.2, 0) is 19.7 Å². The number of ether oxygens (including phenoxy) is 1. The van der Waals surface area contributed by atoms with Gasteiger partial charge in [0.05, 0.1) is 13.2 Å². The van der Waals surface area contributed by atoms with Crippen molar-refractivity contribution in [1.82, 2.24) is 9.80 Å². The molecular weight excluding hydrogens is 340 g/mol. The number of carbonyl (C=O) groups excluding carboxylic acids is 2. The van der Waals surface area contributed by atoms with Gasteiger partial charge in [0.2, 0.25) is 11.8 Å². The largest absolute Gasteiger partial charge is 0.378 e. The van der Waals surface area contributed by atoms with Gasteiger partial charge in [-0.25, -0.2) is 0 Å². The highest BCUT2D eigenvalue weighted by Gasteiger charge is 2.37. The fourth-order valence-electron chi connectivity index (χ4n) is 4.03. The van der Waals surface area contributed by atoms with E-state index in [0.717, 1.165) is 19.3 Å². The number of amides is 2. The molecule has 0 unspecified atom stereocenters. The number of aryl methyl sites for hydroxylation is 1. The number of morpholine rings is 1. The van der Waals surface area contributed by atoms with E-state index in [-0.39, 0.29) is 23.3 Å². The van der Waals surface area contributed by atoms with Crippen molar-refractivity contribution in [2.75, 3.05) is 32.8 Å². The molecule has 2 aliphatic rings. The molecule has 0 spiro atoms. The van der Waals surface area contributed by atoms with Gasteiger partial charge in [0, 0.05) is 26.1 Å². The highest BCUT2D eigenvalue weighted by atomic mass is 16.5. The van der Waals surface area contributed by atoms with E-state index in [9.17, 15) is 9.59 Å². The Morgan fingerprint density at radius 1 is 1.11 bits per heavy atom. The van der Waals surface area contributed by atoms with Crippen LogP contribution in [0.4, 0.5) is 0 Å². The number of nitrogens with zero attached hydrogens (tertiary/aromatic N) is 2. The minimum absolute atomic E-state index is 0.0627. The van der Waals surface area contributed by atoms with Gasteiger partial charge in [-0.05, 0) is 37.2 Å². The SMILES string of the molecule is Cc1ccc(C(C)(C)CCC(=O)N2CCC[C@@H]2C(=O)N2CCOCC2)cc1. The smallest absolute Gasteiger partial charge is 0.245 e. The maximum absolute atomic E-state index is 12.9. The summed E-state index contributed by atoms with van der Waals surface area (Å²) in [5, 5.41) is 0. The minimum Gasteiger partial charge on any atom is -0.378 e. The first-order valence-electron chi connectivity index (χ1n) is 10.1. The summed E-state index contributed by atoms with van der Waals surface area (Å²) in [6, 6.07) is 8.27. The van der Waals surface area contributed by atoms with E-state index in [1.165, 1.54) is 11.1 Å². The van der Waals surface area contributed by atoms with Crippen molar-refractivity contribution >= 4 is 11.8 Å². The van der Waals surface area contributed by atoms with E-state index < -0.39 is 0 Å². The van der Waals surface area contributed by atoms with Gasteiger partial charge in [0.1, 0.15) is 6.04 Å². The van der Waals surface area contributed by atoms with Crippen LogP contribution in [0.1, 0.15) is 50.7 Å². The second kappa shape index (κ2) is 8.42. The van der Waals surface area contributed by atoms with Crippen molar-refractivity contribution in [2.45, 2.75) is 57.9 Å². The van der Waals surface area contributed by atoms with Crippen LogP contribution < -0.4 is 0 Å². The first-order chi connectivity index (χ1) is 12.9. The molecule has 0 aromatic heterocycles. The summed E-state index contributed by atoms with van der Waals surface area (Å²) in [7, 11) is 0. The summed E-state index contributed by atoms with van der Waals surface area (Å²) >= 11 is 0. The number of rotatable bonds is 5. The van der Waals surface area contributed by atoms with E-state index in [1.54, 1.807) is 0 Å². The van der Waals surface area contributed by atoms with Gasteiger partial charge in [-0.3, -0.25) is 9.59 Å². The molecule has 1 atom stereocenters. The molecule has 2 aliphatic heterocycles. The predicted molar refractivity (Wildman–Crippen MR) is 106 cm³/mol. The first kappa shape index (κ1) is 19.9. The second-order valence-electron chi connectivity index (χ2n) is 8.43. The molecule has 27 heavy (non-hydrogen) atoms. The minimum atomic E-state index is -0.280. The third-order valence-electron chi connectivity index (χ3n) is 5.98. The lowest BCUT2D eigenvalue weighted by atomic mass is 9.80. The van der Waals surface area contributed by atoms with Crippen LogP contribution in [0, 0.1) is 6.92 Å². The molecule has 1 aromatic carbocycles. The third-order valence-corrected chi connectivity index (χ3v) is 5.98. The van der Waals surface area contributed by atoms with Gasteiger partial charge in [-0.15, -0.1) is 0 Å². The van der Waals surface area contributed by atoms with Gasteiger partial charge in [0.15, 0.2) is 0 Å². The fraction of sp³-hybridized carbons (Fsp3) is 0.636. The monoisotopic (exact) mass is 372 g/mol. The number of hydrogen-bond acceptors (Lipinski definition) is 3. The van der Waals surface area contributed by atoms with E-state index >= 15 is 0 Å². The summed E-state index contributed by atoms with van der Waals surface area (Å²) in [5.41, 5.74) is 2.43. The Bertz CT molecular complexity index is 663. The summed E-state index contributed by atoms with van der Waals surface area (Å²) in [5.74, 6) is 0.209. The number of carbonyl (C=O) groups is 2. The molecule has 0 saturated carbocycles. The van der Waals surface area contributed by atoms with Crippen molar-refractivity contribution < 1.29 is 14.3 Å². The fourth-order valence-corrected chi connectivity index (χ4v) is 4.03. The van der Waals surface area contributed by atoms with Crippen LogP contribution in [0.3, 0.4) is 0 Å². The summed E-state index contributed by atoms with van der Waals surface area (Å²) in [6.07, 6.45) is 2.95. The van der Waals surface area contributed by atoms with Crippen LogP contribution in [0.15, 0.2) is 24.3 Å². The average Bonchev–Trinajstić information content (AvgIpc) is 3.16. The first-order valence-corrected chi connectivity index (χ1v) is 10.1. The molecule has 2 saturated heterocycles. The lowest BCUT2D eigenvalue weighted by Crippen LogP contribution is -2.51. The van der Waals surface area contributed by atoms with Crippen LogP contribution in [-0.4, -0.2) is 60.5 Å². The molecule has 1 aromatic rings. The normalized spacial score (nSPS) is 20.8. The Kier molecular flexibility index (Phi) is 6.20. The van der Waals surface area contributed by atoms with Gasteiger partial charge < -0.3 is 14.5 Å². The average molecular weight is 373 g/mol. The third kappa shape index (κ3) is 4.70. The van der Waals surface area contributed by atoms with Crippen molar-refractivity contribution in [3.05, 3.63) is 35.4 Å². The molecule has 0 aliphatic carbocycles. The highest BCUT2D eigenvalue weighted by Crippen LogP contribution is 2.30. The van der Waals surface area contributed by atoms with E-state index in [2.05, 4.69) is 45.0 Å². The Balaban J connectivity index is 1.59. The topological polar surface area (TPSA) is 49.9 Å². The van der Waals surface area contributed by atoms with Crippen LogP contribution in [0.25, 0.3) is 0 Å². The Morgan fingerprint density at radius 3 is 2.44 bits per heavy atom. The maximum atomic E-state index is 12.9. The predicted octanol–water partition coefficient (Wildman–Crippen LogP) is 2.90. The summed E-state index contributed by atoms with van der Waals surface area (Å²) in [6.45, 7) is 9.62. The molecule has 2 heterocycles. The van der Waals surface area contributed by atoms with Crippen molar-refractivity contribution in [3.8, 4) is 0 Å². The molecular formula is C22H32N2O3. The summed E-state index contributed by atoms with van der Waals surface area (Å²) < 4.78 is 5.34. The van der Waals surface area contributed by atoms with Crippen LogP contribution in [0.5, 0.6) is 0 Å². The van der Waals surface area contributed by atoms with E-state index in [4.69, 9.17) is 4.74 Å². The van der Waals surface area contributed by atoms with Crippen molar-refractivity contribution in [3.63, 3.8) is 0 Å². The Morgan fingerprint density at radius 2 is 1.78 bits per heavy atom. The van der Waals surface area contributed by atoms with E-state index in [0.29, 0.717) is 39.3 Å². The Hall–Kier alpha value is -1.88. The maximum Gasteiger partial charge on any atom is 0.245 e. The summed E-state index contributed by atoms with van der Waals surface area (Å²) in [4.78, 5) is 29.4.